The Bertz CT molecular complexity index is 322. The summed E-state index contributed by atoms with van der Waals surface area (Å²) in [6.07, 6.45) is -0.128. The first kappa shape index (κ1) is 18.1. The molecular weight excluding hydrogens is 272 g/mol. The molecule has 0 fully saturated rings. The highest BCUT2D eigenvalue weighted by Crippen LogP contribution is 1.92. The summed E-state index contributed by atoms with van der Waals surface area (Å²) < 4.78 is 9.94. The Kier molecular flexibility index (Phi) is 9.97. The second-order valence-corrected chi connectivity index (χ2v) is 3.85. The minimum absolute atomic E-state index is 0.290. The van der Waals surface area contributed by atoms with E-state index in [2.05, 4.69) is 10.6 Å². The van der Waals surface area contributed by atoms with Gasteiger partial charge in [0.15, 0.2) is 0 Å². The van der Waals surface area contributed by atoms with Crippen molar-refractivity contribution in [2.24, 2.45) is 0 Å². The van der Waals surface area contributed by atoms with E-state index in [1.54, 1.807) is 7.11 Å². The maximum Gasteiger partial charge on any atom is 0.326 e. The van der Waals surface area contributed by atoms with Gasteiger partial charge in [-0.2, -0.15) is 0 Å². The molecule has 0 spiro atoms. The van der Waals surface area contributed by atoms with Crippen LogP contribution in [0.5, 0.6) is 0 Å². The molecule has 116 valence electrons. The van der Waals surface area contributed by atoms with Crippen LogP contribution in [0.3, 0.4) is 0 Å². The molecule has 9 nitrogen and oxygen atoms in total. The molecule has 0 bridgehead atoms. The summed E-state index contributed by atoms with van der Waals surface area (Å²) in [6, 6.07) is -2.18. The Hall–Kier alpha value is -1.87. The van der Waals surface area contributed by atoms with E-state index in [0.29, 0.717) is 26.2 Å². The topological polar surface area (TPSA) is 134 Å². The van der Waals surface area contributed by atoms with Crippen LogP contribution < -0.4 is 10.6 Å². The number of methoxy groups -OCH3 is 1. The molecular formula is C11H20N2O7. The fourth-order valence-corrected chi connectivity index (χ4v) is 1.20. The van der Waals surface area contributed by atoms with E-state index in [0.717, 1.165) is 0 Å². The Balaban J connectivity index is 3.75. The molecule has 9 heteroatoms. The van der Waals surface area contributed by atoms with Gasteiger partial charge in [-0.15, -0.1) is 0 Å². The second-order valence-electron chi connectivity index (χ2n) is 3.85. The van der Waals surface area contributed by atoms with Gasteiger partial charge in [-0.25, -0.2) is 9.59 Å². The van der Waals surface area contributed by atoms with Gasteiger partial charge in [0.1, 0.15) is 6.04 Å². The van der Waals surface area contributed by atoms with Crippen molar-refractivity contribution in [2.75, 3.05) is 33.5 Å². The lowest BCUT2D eigenvalue weighted by molar-refractivity contribution is -0.145. The minimum atomic E-state index is -1.45. The van der Waals surface area contributed by atoms with E-state index in [1.165, 1.54) is 0 Å². The van der Waals surface area contributed by atoms with Crippen molar-refractivity contribution in [3.63, 3.8) is 0 Å². The monoisotopic (exact) mass is 292 g/mol. The van der Waals surface area contributed by atoms with E-state index in [4.69, 9.17) is 19.7 Å². The molecule has 2 amide bonds. The number of carboxylic acids is 2. The molecule has 0 heterocycles. The summed E-state index contributed by atoms with van der Waals surface area (Å²) >= 11 is 0. The quantitative estimate of drug-likeness (QED) is 0.369. The third-order valence-electron chi connectivity index (χ3n) is 2.16. The number of nitrogens with one attached hydrogen (secondary N) is 2. The highest BCUT2D eigenvalue weighted by atomic mass is 16.5. The molecule has 0 aromatic rings. The van der Waals surface area contributed by atoms with Gasteiger partial charge in [0.2, 0.25) is 0 Å². The van der Waals surface area contributed by atoms with Crippen molar-refractivity contribution < 1.29 is 34.1 Å². The summed E-state index contributed by atoms with van der Waals surface area (Å²) in [5.41, 5.74) is 0. The average molecular weight is 292 g/mol. The summed E-state index contributed by atoms with van der Waals surface area (Å²) in [6.45, 7) is 1.67. The Labute approximate surface area is 116 Å². The molecule has 0 aliphatic rings. The van der Waals surface area contributed by atoms with Gasteiger partial charge in [-0.1, -0.05) is 0 Å². The van der Waals surface area contributed by atoms with Crippen LogP contribution in [0.15, 0.2) is 0 Å². The van der Waals surface area contributed by atoms with E-state index in [-0.39, 0.29) is 6.54 Å². The average Bonchev–Trinajstić information content (AvgIpc) is 2.36. The molecule has 0 aromatic heterocycles. The van der Waals surface area contributed by atoms with Gasteiger partial charge < -0.3 is 30.3 Å². The second kappa shape index (κ2) is 11.0. The van der Waals surface area contributed by atoms with E-state index >= 15 is 0 Å². The number of carbonyl (C=O) groups excluding carboxylic acids is 1. The SMILES string of the molecule is COCCOCCCNC(=O)N[C@H](CC(=O)O)C(=O)O. The van der Waals surface area contributed by atoms with E-state index in [9.17, 15) is 14.4 Å². The molecule has 0 radical (unpaired) electrons. The molecule has 0 aliphatic heterocycles. The standard InChI is InChI=1S/C11H20N2O7/c1-19-5-6-20-4-2-3-12-11(18)13-8(10(16)17)7-9(14)15/h8H,2-7H2,1H3,(H,14,15)(H,16,17)(H2,12,13,18)/t8-/m1/s1. The molecule has 0 saturated carbocycles. The van der Waals surface area contributed by atoms with Crippen LogP contribution in [0.1, 0.15) is 12.8 Å². The number of rotatable bonds is 11. The van der Waals surface area contributed by atoms with Crippen molar-refractivity contribution in [1.82, 2.24) is 10.6 Å². The predicted molar refractivity (Wildman–Crippen MR) is 67.5 cm³/mol. The summed E-state index contributed by atoms with van der Waals surface area (Å²) in [4.78, 5) is 32.5. The van der Waals surface area contributed by atoms with Crippen LogP contribution in [0, 0.1) is 0 Å². The van der Waals surface area contributed by atoms with Crippen molar-refractivity contribution in [2.45, 2.75) is 18.9 Å². The van der Waals surface area contributed by atoms with Crippen molar-refractivity contribution >= 4 is 18.0 Å². The van der Waals surface area contributed by atoms with E-state index < -0.39 is 30.4 Å². The molecule has 0 aliphatic carbocycles. The van der Waals surface area contributed by atoms with E-state index in [1.807, 2.05) is 0 Å². The van der Waals surface area contributed by atoms with Crippen LogP contribution in [0.4, 0.5) is 4.79 Å². The number of hydrogen-bond donors (Lipinski definition) is 4. The van der Waals surface area contributed by atoms with Gasteiger partial charge in [-0.05, 0) is 6.42 Å². The summed E-state index contributed by atoms with van der Waals surface area (Å²) in [5.74, 6) is -2.70. The summed E-state index contributed by atoms with van der Waals surface area (Å²) in [7, 11) is 1.56. The number of hydrogen-bond acceptors (Lipinski definition) is 5. The Morgan fingerprint density at radius 2 is 1.85 bits per heavy atom. The summed E-state index contributed by atoms with van der Waals surface area (Å²) in [5, 5.41) is 21.7. The zero-order valence-corrected chi connectivity index (χ0v) is 11.3. The van der Waals surface area contributed by atoms with Crippen molar-refractivity contribution in [3.05, 3.63) is 0 Å². The van der Waals surface area contributed by atoms with Gasteiger partial charge in [0.25, 0.3) is 0 Å². The third-order valence-corrected chi connectivity index (χ3v) is 2.16. The van der Waals surface area contributed by atoms with Gasteiger partial charge >= 0.3 is 18.0 Å². The first-order chi connectivity index (χ1) is 9.47. The van der Waals surface area contributed by atoms with Crippen LogP contribution in [0.2, 0.25) is 0 Å². The highest BCUT2D eigenvalue weighted by molar-refractivity contribution is 5.86. The lowest BCUT2D eigenvalue weighted by Crippen LogP contribution is -2.47. The normalized spacial score (nSPS) is 11.7. The lowest BCUT2D eigenvalue weighted by atomic mass is 10.2. The number of urea groups is 1. The van der Waals surface area contributed by atoms with Crippen LogP contribution in [-0.4, -0.2) is 67.7 Å². The first-order valence-corrected chi connectivity index (χ1v) is 6.03. The van der Waals surface area contributed by atoms with Crippen LogP contribution >= 0.6 is 0 Å². The maximum atomic E-state index is 11.3. The number of aliphatic carboxylic acids is 2. The minimum Gasteiger partial charge on any atom is -0.481 e. The number of amides is 2. The Morgan fingerprint density at radius 3 is 2.40 bits per heavy atom. The molecule has 0 aromatic carbocycles. The highest BCUT2D eigenvalue weighted by Gasteiger charge is 2.22. The molecule has 4 N–H and O–H groups in total. The van der Waals surface area contributed by atoms with Crippen LogP contribution in [-0.2, 0) is 19.1 Å². The lowest BCUT2D eigenvalue weighted by Gasteiger charge is -2.13. The molecule has 0 unspecified atom stereocenters. The maximum absolute atomic E-state index is 11.3. The first-order valence-electron chi connectivity index (χ1n) is 6.03. The molecule has 20 heavy (non-hydrogen) atoms. The smallest absolute Gasteiger partial charge is 0.326 e. The largest absolute Gasteiger partial charge is 0.481 e. The molecule has 1 atom stereocenters. The molecule has 0 saturated heterocycles. The number of carbonyl (C=O) groups is 3. The van der Waals surface area contributed by atoms with Crippen molar-refractivity contribution in [3.8, 4) is 0 Å². The van der Waals surface area contributed by atoms with Gasteiger partial charge in [0, 0.05) is 20.3 Å². The molecule has 0 rings (SSSR count). The zero-order chi connectivity index (χ0) is 15.4. The van der Waals surface area contributed by atoms with Crippen LogP contribution in [0.25, 0.3) is 0 Å². The fourth-order valence-electron chi connectivity index (χ4n) is 1.20. The third kappa shape index (κ3) is 10.1. The number of ether oxygens (including phenoxy) is 2. The van der Waals surface area contributed by atoms with Gasteiger partial charge in [-0.3, -0.25) is 4.79 Å². The zero-order valence-electron chi connectivity index (χ0n) is 11.3. The fraction of sp³-hybridized carbons (Fsp3) is 0.727. The number of carboxylic acid groups (broad SMARTS) is 2. The Morgan fingerprint density at radius 1 is 1.15 bits per heavy atom. The predicted octanol–water partition coefficient (Wildman–Crippen LogP) is -0.733. The van der Waals surface area contributed by atoms with Gasteiger partial charge in [0.05, 0.1) is 19.6 Å². The van der Waals surface area contributed by atoms with Crippen molar-refractivity contribution in [1.29, 1.82) is 0 Å².